The van der Waals surface area contributed by atoms with Crippen LogP contribution >= 0.6 is 0 Å². The molecule has 0 heterocycles. The first-order valence-corrected chi connectivity index (χ1v) is 6.39. The third-order valence-corrected chi connectivity index (χ3v) is 4.88. The molecule has 3 atom stereocenters. The Morgan fingerprint density at radius 3 is 2.88 bits per heavy atom. The number of rotatable bonds is 4. The van der Waals surface area contributed by atoms with Crippen LogP contribution in [0.1, 0.15) is 46.0 Å². The maximum absolute atomic E-state index is 10.5. The molecule has 2 fully saturated rings. The van der Waals surface area contributed by atoms with Crippen molar-refractivity contribution in [2.45, 2.75) is 46.0 Å². The molecule has 0 aliphatic heterocycles. The Bertz CT molecular complexity index is 339. The van der Waals surface area contributed by atoms with Crippen molar-refractivity contribution in [3.63, 3.8) is 0 Å². The Morgan fingerprint density at radius 1 is 1.56 bits per heavy atom. The molecule has 0 radical (unpaired) electrons. The molecule has 2 aliphatic rings. The largest absolute Gasteiger partial charge is 0.298 e. The maximum atomic E-state index is 10.5. The van der Waals surface area contributed by atoms with E-state index in [4.69, 9.17) is 0 Å². The molecule has 0 spiro atoms. The van der Waals surface area contributed by atoms with Crippen molar-refractivity contribution in [3.05, 3.63) is 23.8 Å². The summed E-state index contributed by atoms with van der Waals surface area (Å²) in [5.41, 5.74) is 2.70. The first-order chi connectivity index (χ1) is 7.58. The van der Waals surface area contributed by atoms with Gasteiger partial charge in [0.15, 0.2) is 0 Å². The van der Waals surface area contributed by atoms with E-state index in [1.54, 1.807) is 0 Å². The molecule has 1 nitrogen and oxygen atoms in total. The number of hydrogen-bond donors (Lipinski definition) is 0. The highest BCUT2D eigenvalue weighted by molar-refractivity contribution is 5.71. The second-order valence-corrected chi connectivity index (χ2v) is 5.75. The van der Waals surface area contributed by atoms with Crippen LogP contribution in [0.5, 0.6) is 0 Å². The Balaban J connectivity index is 1.99. The smallest absolute Gasteiger partial charge is 0.145 e. The van der Waals surface area contributed by atoms with Gasteiger partial charge in [0.2, 0.25) is 0 Å². The summed E-state index contributed by atoms with van der Waals surface area (Å²) in [7, 11) is 0. The van der Waals surface area contributed by atoms with Crippen LogP contribution in [0.3, 0.4) is 0 Å². The van der Waals surface area contributed by atoms with Gasteiger partial charge in [-0.25, -0.2) is 0 Å². The predicted octanol–water partition coefficient (Wildman–Crippen LogP) is 3.90. The number of aldehydes is 1. The second kappa shape index (κ2) is 4.20. The number of carbonyl (C=O) groups is 1. The van der Waals surface area contributed by atoms with Gasteiger partial charge in [-0.05, 0) is 61.9 Å². The van der Waals surface area contributed by atoms with Crippen molar-refractivity contribution in [1.82, 2.24) is 0 Å². The van der Waals surface area contributed by atoms with Crippen LogP contribution in [-0.2, 0) is 4.79 Å². The predicted molar refractivity (Wildman–Crippen MR) is 67.1 cm³/mol. The van der Waals surface area contributed by atoms with E-state index < -0.39 is 0 Å². The van der Waals surface area contributed by atoms with Crippen molar-refractivity contribution in [3.8, 4) is 0 Å². The SMILES string of the molecule is C=C1C2CCC(C2)C1(C)CC/C=C(/C)C=O. The normalized spacial score (nSPS) is 38.1. The number of carbonyl (C=O) groups excluding carboxylic acids is 1. The molecule has 0 amide bonds. The Hall–Kier alpha value is -0.850. The van der Waals surface area contributed by atoms with Gasteiger partial charge in [-0.2, -0.15) is 0 Å². The average molecular weight is 218 g/mol. The van der Waals surface area contributed by atoms with Gasteiger partial charge in [-0.1, -0.05) is 25.2 Å². The van der Waals surface area contributed by atoms with E-state index in [2.05, 4.69) is 19.6 Å². The minimum absolute atomic E-state index is 0.350. The molecule has 2 rings (SSSR count). The summed E-state index contributed by atoms with van der Waals surface area (Å²) in [4.78, 5) is 10.5. The minimum atomic E-state index is 0.350. The van der Waals surface area contributed by atoms with E-state index in [9.17, 15) is 4.79 Å². The van der Waals surface area contributed by atoms with E-state index in [1.807, 2.05) is 6.92 Å². The van der Waals surface area contributed by atoms with Gasteiger partial charge in [0.1, 0.15) is 6.29 Å². The van der Waals surface area contributed by atoms with Gasteiger partial charge in [0, 0.05) is 0 Å². The van der Waals surface area contributed by atoms with E-state index in [0.717, 1.165) is 36.5 Å². The quantitative estimate of drug-likeness (QED) is 0.397. The van der Waals surface area contributed by atoms with Crippen molar-refractivity contribution >= 4 is 6.29 Å². The maximum Gasteiger partial charge on any atom is 0.145 e. The standard InChI is InChI=1S/C15H22O/c1-11(10-16)5-4-8-15(3)12(2)13-6-7-14(15)9-13/h5,10,13-14H,2,4,6-9H2,1,3H3/b11-5-. The van der Waals surface area contributed by atoms with Gasteiger partial charge in [-0.15, -0.1) is 0 Å². The molecule has 88 valence electrons. The summed E-state index contributed by atoms with van der Waals surface area (Å²) in [5, 5.41) is 0. The molecule has 2 saturated carbocycles. The Labute approximate surface area is 98.6 Å². The number of hydrogen-bond acceptors (Lipinski definition) is 1. The molecule has 2 aliphatic carbocycles. The average Bonchev–Trinajstić information content (AvgIpc) is 2.83. The van der Waals surface area contributed by atoms with Crippen LogP contribution in [0, 0.1) is 17.3 Å². The van der Waals surface area contributed by atoms with Crippen LogP contribution in [0.15, 0.2) is 23.8 Å². The van der Waals surface area contributed by atoms with Crippen LogP contribution < -0.4 is 0 Å². The van der Waals surface area contributed by atoms with Crippen molar-refractivity contribution in [2.24, 2.45) is 17.3 Å². The summed E-state index contributed by atoms with van der Waals surface area (Å²) in [6, 6.07) is 0. The third kappa shape index (κ3) is 1.77. The summed E-state index contributed by atoms with van der Waals surface area (Å²) in [6.45, 7) is 8.58. The molecule has 1 heteroatoms. The van der Waals surface area contributed by atoms with Gasteiger partial charge in [0.05, 0.1) is 0 Å². The molecule has 0 aromatic heterocycles. The molecule has 16 heavy (non-hydrogen) atoms. The molecule has 3 unspecified atom stereocenters. The zero-order chi connectivity index (χ0) is 11.8. The lowest BCUT2D eigenvalue weighted by Crippen LogP contribution is -2.26. The minimum Gasteiger partial charge on any atom is -0.298 e. The van der Waals surface area contributed by atoms with Gasteiger partial charge >= 0.3 is 0 Å². The summed E-state index contributed by atoms with van der Waals surface area (Å²) >= 11 is 0. The fourth-order valence-corrected chi connectivity index (χ4v) is 3.62. The summed E-state index contributed by atoms with van der Waals surface area (Å²) < 4.78 is 0. The fraction of sp³-hybridized carbons (Fsp3) is 0.667. The molecule has 2 bridgehead atoms. The first kappa shape index (κ1) is 11.6. The van der Waals surface area contributed by atoms with Crippen LogP contribution in [-0.4, -0.2) is 6.29 Å². The summed E-state index contributed by atoms with van der Waals surface area (Å²) in [6.07, 6.45) is 9.31. The third-order valence-electron chi connectivity index (χ3n) is 4.88. The lowest BCUT2D eigenvalue weighted by atomic mass is 9.69. The van der Waals surface area contributed by atoms with Crippen molar-refractivity contribution in [2.75, 3.05) is 0 Å². The van der Waals surface area contributed by atoms with E-state index >= 15 is 0 Å². The van der Waals surface area contributed by atoms with Crippen LogP contribution in [0.2, 0.25) is 0 Å². The molecule has 0 N–H and O–H groups in total. The van der Waals surface area contributed by atoms with Gasteiger partial charge in [-0.3, -0.25) is 4.79 Å². The Morgan fingerprint density at radius 2 is 2.31 bits per heavy atom. The monoisotopic (exact) mass is 218 g/mol. The van der Waals surface area contributed by atoms with Crippen molar-refractivity contribution in [1.29, 1.82) is 0 Å². The van der Waals surface area contributed by atoms with E-state index in [1.165, 1.54) is 24.8 Å². The highest BCUT2D eigenvalue weighted by Gasteiger charge is 2.49. The van der Waals surface area contributed by atoms with Crippen molar-refractivity contribution < 1.29 is 4.79 Å². The molecular weight excluding hydrogens is 196 g/mol. The zero-order valence-electron chi connectivity index (χ0n) is 10.5. The van der Waals surface area contributed by atoms with E-state index in [-0.39, 0.29) is 0 Å². The molecule has 0 saturated heterocycles. The molecular formula is C15H22O. The Kier molecular flexibility index (Phi) is 3.05. The highest BCUT2D eigenvalue weighted by Crippen LogP contribution is 2.60. The van der Waals surface area contributed by atoms with Crippen LogP contribution in [0.4, 0.5) is 0 Å². The second-order valence-electron chi connectivity index (χ2n) is 5.75. The first-order valence-electron chi connectivity index (χ1n) is 6.39. The van der Waals surface area contributed by atoms with Gasteiger partial charge in [0.25, 0.3) is 0 Å². The lowest BCUT2D eigenvalue weighted by molar-refractivity contribution is -0.104. The fourth-order valence-electron chi connectivity index (χ4n) is 3.62. The summed E-state index contributed by atoms with van der Waals surface area (Å²) in [5.74, 6) is 1.65. The lowest BCUT2D eigenvalue weighted by Gasteiger charge is -2.36. The molecule has 0 aromatic carbocycles. The van der Waals surface area contributed by atoms with Gasteiger partial charge < -0.3 is 0 Å². The topological polar surface area (TPSA) is 17.1 Å². The highest BCUT2D eigenvalue weighted by atomic mass is 16.1. The zero-order valence-corrected chi connectivity index (χ0v) is 10.5. The molecule has 0 aromatic rings. The van der Waals surface area contributed by atoms with Crippen LogP contribution in [0.25, 0.3) is 0 Å². The van der Waals surface area contributed by atoms with E-state index in [0.29, 0.717) is 5.41 Å². The number of allylic oxidation sites excluding steroid dienone is 3. The number of fused-ring (bicyclic) bond motifs is 2.